The van der Waals surface area contributed by atoms with E-state index in [4.69, 9.17) is 111 Å². The molecule has 0 saturated carbocycles. The highest BCUT2D eigenvalue weighted by Gasteiger charge is 2.22. The highest BCUT2D eigenvalue weighted by molar-refractivity contribution is 9.10. The third-order valence-electron chi connectivity index (χ3n) is 16.3. The Morgan fingerprint density at radius 1 is 0.406 bits per heavy atom. The predicted octanol–water partition coefficient (Wildman–Crippen LogP) is 13.7. The number of aliphatic hydroxyl groups excluding tert-OH is 6. The number of rotatable bonds is 21. The molecule has 0 radical (unpaired) electrons. The Hall–Kier alpha value is -7.42. The van der Waals surface area contributed by atoms with Crippen molar-refractivity contribution in [2.45, 2.75) is 52.9 Å². The zero-order chi connectivity index (χ0) is 73.1. The van der Waals surface area contributed by atoms with E-state index in [0.717, 1.165) is 138 Å². The van der Waals surface area contributed by atoms with Gasteiger partial charge in [-0.1, -0.05) is 104 Å². The van der Waals surface area contributed by atoms with Crippen molar-refractivity contribution < 1.29 is 40.1 Å². The van der Waals surface area contributed by atoms with Crippen LogP contribution in [0.3, 0.4) is 0 Å². The van der Waals surface area contributed by atoms with Gasteiger partial charge in [-0.15, -0.1) is 0 Å². The molecule has 4 aromatic carbocycles. The van der Waals surface area contributed by atoms with Gasteiger partial charge in [-0.3, -0.25) is 0 Å². The molecule has 0 atom stereocenters. The summed E-state index contributed by atoms with van der Waals surface area (Å²) in [7, 11) is 0. The van der Waals surface area contributed by atoms with Gasteiger partial charge in [0.2, 0.25) is 0 Å². The predicted molar refractivity (Wildman–Crippen MR) is 418 cm³/mol. The van der Waals surface area contributed by atoms with E-state index in [9.17, 15) is 20.4 Å². The summed E-state index contributed by atoms with van der Waals surface area (Å²) < 4.78 is 11.8. The van der Waals surface area contributed by atoms with Crippen molar-refractivity contribution in [2.24, 2.45) is 0 Å². The van der Waals surface area contributed by atoms with Gasteiger partial charge in [0, 0.05) is 91.3 Å². The molecule has 11 rings (SSSR count). The van der Waals surface area contributed by atoms with Crippen LogP contribution in [0.2, 0.25) is 25.8 Å². The maximum absolute atomic E-state index is 9.43. The minimum absolute atomic E-state index is 0.00487. The molecule has 1 fully saturated rings. The first-order valence-corrected chi connectivity index (χ1v) is 35.5. The van der Waals surface area contributed by atoms with Crippen LogP contribution in [0.25, 0.3) is 50.1 Å². The number of nitrogens with zero attached hydrogens (tertiary/aromatic N) is 8. The molecule has 538 valence electrons. The van der Waals surface area contributed by atoms with Gasteiger partial charge >= 0.3 is 0 Å². The largest absolute Gasteiger partial charge is 0.399 e. The van der Waals surface area contributed by atoms with Gasteiger partial charge in [0.25, 0.3) is 0 Å². The Labute approximate surface area is 624 Å². The number of pyridine rings is 5. The topological polar surface area (TPSA) is 318 Å². The minimum Gasteiger partial charge on any atom is -0.399 e. The quantitative estimate of drug-likeness (QED) is 0.0236. The average molecular weight is 1540 g/mol. The fraction of sp³-hybridized carbons (Fsp3) is 0.320. The lowest BCUT2D eigenvalue weighted by Crippen LogP contribution is -2.31. The fourth-order valence-electron chi connectivity index (χ4n) is 11.2. The first-order valence-electron chi connectivity index (χ1n) is 32.8. The summed E-state index contributed by atoms with van der Waals surface area (Å²) in [6, 6.07) is 42.1. The number of hydrogen-bond donors (Lipinski definition) is 10. The molecular weight excluding hydrogens is 1450 g/mol. The summed E-state index contributed by atoms with van der Waals surface area (Å²) in [5.74, 6) is 2.48. The normalized spacial score (nSPS) is 12.7. The second-order valence-corrected chi connectivity index (χ2v) is 26.6. The molecule has 0 unspecified atom stereocenters. The van der Waals surface area contributed by atoms with E-state index in [-0.39, 0.29) is 39.6 Å². The summed E-state index contributed by atoms with van der Waals surface area (Å²) in [4.78, 5) is 27.3. The van der Waals surface area contributed by atoms with Gasteiger partial charge in [0.05, 0.1) is 58.5 Å². The fourth-order valence-corrected chi connectivity index (χ4v) is 13.0. The first-order chi connectivity index (χ1) is 48.5. The molecule has 0 spiro atoms. The second-order valence-electron chi connectivity index (χ2n) is 23.7. The Kier molecular flexibility index (Phi) is 32.9. The van der Waals surface area contributed by atoms with Crippen molar-refractivity contribution in [3.63, 3.8) is 0 Å². The van der Waals surface area contributed by atoms with E-state index >= 15 is 0 Å². The molecule has 101 heavy (non-hydrogen) atoms. The van der Waals surface area contributed by atoms with E-state index in [1.807, 2.05) is 115 Å². The summed E-state index contributed by atoms with van der Waals surface area (Å²) in [5, 5.41) is 57.9. The van der Waals surface area contributed by atoms with Crippen LogP contribution in [0.15, 0.2) is 144 Å². The molecule has 7 heterocycles. The van der Waals surface area contributed by atoms with E-state index in [1.54, 1.807) is 35.2 Å². The van der Waals surface area contributed by atoms with Crippen LogP contribution in [-0.2, 0) is 9.47 Å². The summed E-state index contributed by atoms with van der Waals surface area (Å²) in [6.45, 7) is 13.3. The van der Waals surface area contributed by atoms with Gasteiger partial charge in [-0.05, 0) is 228 Å². The zero-order valence-corrected chi connectivity index (χ0v) is 62.3. The molecule has 0 amide bonds. The van der Waals surface area contributed by atoms with E-state index in [0.29, 0.717) is 107 Å². The number of aromatic nitrogens is 5. The highest BCUT2D eigenvalue weighted by atomic mass is 79.9. The van der Waals surface area contributed by atoms with Gasteiger partial charge in [-0.25, -0.2) is 24.9 Å². The number of nitrogens with two attached hydrogens (primary N) is 4. The Morgan fingerprint density at radius 3 is 1.11 bits per heavy atom. The monoisotopic (exact) mass is 1540 g/mol. The van der Waals surface area contributed by atoms with Gasteiger partial charge < -0.3 is 77.7 Å². The standard InChI is InChI=1S/C21H29N3O3.C21H27N3O3.C16H20ClN3O2.C12H10Cl2N2.C5H2BrCl2N/c2*1-15-2-3-18(22)14-19(15)17-12-20(16-4-10-27-11-5-16)23-21(13-17)24(6-8-25)7-9-26;1-11-2-3-13(18)10-14(11)12-8-15(17)19-16(9-12)20(4-6-21)5-7-22;1-7-2-3-9(15)6-10(7)8-4-11(13)16-12(14)5-8;6-3-1-4(7)9-5(8)2-3/h2-3,12-14,16,25-26H,4-11,22H2,1H3;2-4,12-14,25-26H,5-11,22H2,1H3;2-3,8-10,21-22H,4-7,18H2,1H3;2-6H,15H2,1H3;1-2H. The molecular formula is C75H88BrCl5N12O8. The van der Waals surface area contributed by atoms with Crippen LogP contribution in [0.1, 0.15) is 58.8 Å². The van der Waals surface area contributed by atoms with Crippen LogP contribution in [0.5, 0.6) is 0 Å². The van der Waals surface area contributed by atoms with Crippen LogP contribution in [-0.4, -0.2) is 161 Å². The molecule has 0 bridgehead atoms. The van der Waals surface area contributed by atoms with Crippen LogP contribution in [0, 0.1) is 27.7 Å². The summed E-state index contributed by atoms with van der Waals surface area (Å²) >= 11 is 32.1. The molecule has 26 heteroatoms. The van der Waals surface area contributed by atoms with E-state index < -0.39 is 0 Å². The Balaban J connectivity index is 0.000000184. The van der Waals surface area contributed by atoms with E-state index in [1.165, 1.54) is 0 Å². The maximum atomic E-state index is 9.43. The number of nitrogen functional groups attached to an aromatic ring is 4. The Morgan fingerprint density at radius 2 is 0.743 bits per heavy atom. The summed E-state index contributed by atoms with van der Waals surface area (Å²) in [6.07, 6.45) is 4.78. The molecule has 14 N–H and O–H groups in total. The SMILES string of the molecule is Cc1ccc(N)cc1-c1cc(C2=CCOCC2)nc(N(CCO)CCO)c1.Cc1ccc(N)cc1-c1cc(C2CCOCC2)nc(N(CCO)CCO)c1.Cc1ccc(N)cc1-c1cc(Cl)nc(Cl)c1.Cc1ccc(N)cc1-c1cc(Cl)nc(N(CCO)CCO)c1.Clc1cc(Br)cc(Cl)n1. The number of hydrogen-bond acceptors (Lipinski definition) is 20. The zero-order valence-electron chi connectivity index (χ0n) is 56.9. The minimum atomic E-state index is -0.0269. The van der Waals surface area contributed by atoms with E-state index in [2.05, 4.69) is 62.9 Å². The third-order valence-corrected chi connectivity index (χ3v) is 17.8. The van der Waals surface area contributed by atoms with Crippen molar-refractivity contribution in [3.05, 3.63) is 203 Å². The number of benzene rings is 4. The molecule has 0 aliphatic carbocycles. The number of halogens is 6. The molecule has 9 aromatic rings. The van der Waals surface area contributed by atoms with Crippen molar-refractivity contribution >= 4 is 120 Å². The molecule has 5 aromatic heterocycles. The lowest BCUT2D eigenvalue weighted by Gasteiger charge is -2.27. The van der Waals surface area contributed by atoms with Crippen LogP contribution in [0.4, 0.5) is 40.2 Å². The van der Waals surface area contributed by atoms with Gasteiger partial charge in [-0.2, -0.15) is 0 Å². The number of aliphatic hydroxyl groups is 6. The van der Waals surface area contributed by atoms with Crippen molar-refractivity contribution in [1.29, 1.82) is 0 Å². The second kappa shape index (κ2) is 41.0. The molecule has 20 nitrogen and oxygen atoms in total. The maximum Gasteiger partial charge on any atom is 0.132 e. The van der Waals surface area contributed by atoms with Crippen LogP contribution < -0.4 is 37.6 Å². The Bertz CT molecular complexity index is 4110. The number of ether oxygens (including phenoxy) is 2. The third kappa shape index (κ3) is 24.9. The highest BCUT2D eigenvalue weighted by Crippen LogP contribution is 2.37. The lowest BCUT2D eigenvalue weighted by molar-refractivity contribution is 0.0845. The number of aryl methyl sites for hydroxylation is 4. The average Bonchev–Trinajstić information content (AvgIpc) is 0.815. The first kappa shape index (κ1) is 80.9. The van der Waals surface area contributed by atoms with Crippen molar-refractivity contribution in [1.82, 2.24) is 24.9 Å². The van der Waals surface area contributed by atoms with Gasteiger partial charge in [0.15, 0.2) is 0 Å². The van der Waals surface area contributed by atoms with Crippen LogP contribution >= 0.6 is 73.9 Å². The van der Waals surface area contributed by atoms with Crippen molar-refractivity contribution in [2.75, 3.05) is 143 Å². The number of anilines is 7. The molecule has 2 aliphatic heterocycles. The molecule has 1 saturated heterocycles. The smallest absolute Gasteiger partial charge is 0.132 e. The van der Waals surface area contributed by atoms with Crippen molar-refractivity contribution in [3.8, 4) is 44.5 Å². The molecule has 2 aliphatic rings. The lowest BCUT2D eigenvalue weighted by atomic mass is 9.92. The van der Waals surface area contributed by atoms with Gasteiger partial charge in [0.1, 0.15) is 43.2 Å². The summed E-state index contributed by atoms with van der Waals surface area (Å²) in [5.41, 5.74) is 42.1.